The van der Waals surface area contributed by atoms with Crippen molar-refractivity contribution >= 4 is 28.8 Å². The first-order valence-corrected chi connectivity index (χ1v) is 6.64. The highest BCUT2D eigenvalue weighted by molar-refractivity contribution is 6.33. The molecule has 0 aliphatic heterocycles. The van der Waals surface area contributed by atoms with Gasteiger partial charge < -0.3 is 5.32 Å². The van der Waals surface area contributed by atoms with Crippen LogP contribution in [0, 0.1) is 12.7 Å². The van der Waals surface area contributed by atoms with Crippen LogP contribution in [0.2, 0.25) is 5.02 Å². The van der Waals surface area contributed by atoms with E-state index in [0.29, 0.717) is 22.1 Å². The number of rotatable bonds is 2. The fourth-order valence-electron chi connectivity index (χ4n) is 2.15. The van der Waals surface area contributed by atoms with E-state index in [1.807, 2.05) is 0 Å². The summed E-state index contributed by atoms with van der Waals surface area (Å²) < 4.78 is 14.8. The number of para-hydroxylation sites is 1. The minimum atomic E-state index is -0.438. The number of amides is 1. The van der Waals surface area contributed by atoms with Gasteiger partial charge in [0.15, 0.2) is 0 Å². The molecule has 0 fully saturated rings. The minimum absolute atomic E-state index is 0.282. The number of aromatic nitrogens is 2. The summed E-state index contributed by atoms with van der Waals surface area (Å²) in [5.74, 6) is -0.828. The first kappa shape index (κ1) is 13.6. The Balaban J connectivity index is 2.04. The van der Waals surface area contributed by atoms with Gasteiger partial charge in [0.1, 0.15) is 17.2 Å². The molecule has 0 unspecified atom stereocenters. The number of pyridine rings is 1. The third-order valence-corrected chi connectivity index (χ3v) is 3.42. The Kier molecular flexibility index (Phi) is 3.35. The van der Waals surface area contributed by atoms with Crippen LogP contribution in [0.3, 0.4) is 0 Å². The Morgan fingerprint density at radius 2 is 2.05 bits per heavy atom. The van der Waals surface area contributed by atoms with Crippen molar-refractivity contribution in [3.63, 3.8) is 0 Å². The Bertz CT molecular complexity index is 844. The topological polar surface area (TPSA) is 46.4 Å². The maximum Gasteiger partial charge on any atom is 0.274 e. The molecule has 0 aliphatic rings. The van der Waals surface area contributed by atoms with E-state index in [0.717, 1.165) is 0 Å². The van der Waals surface area contributed by atoms with Crippen LogP contribution < -0.4 is 5.32 Å². The molecule has 0 radical (unpaired) electrons. The van der Waals surface area contributed by atoms with Crippen LogP contribution in [-0.2, 0) is 0 Å². The summed E-state index contributed by atoms with van der Waals surface area (Å²) in [6, 6.07) is 9.74. The number of carbonyl (C=O) groups excluding carboxylic acids is 1. The summed E-state index contributed by atoms with van der Waals surface area (Å²) in [5.41, 5.74) is 1.81. The van der Waals surface area contributed by atoms with Crippen LogP contribution >= 0.6 is 11.6 Å². The van der Waals surface area contributed by atoms with E-state index in [-0.39, 0.29) is 5.69 Å². The minimum Gasteiger partial charge on any atom is -0.319 e. The quantitative estimate of drug-likeness (QED) is 0.785. The fourth-order valence-corrected chi connectivity index (χ4v) is 2.34. The van der Waals surface area contributed by atoms with Crippen LogP contribution in [0.15, 0.2) is 42.6 Å². The molecule has 1 N–H and O–H groups in total. The summed E-state index contributed by atoms with van der Waals surface area (Å²) in [6.07, 6.45) is 1.23. The first-order chi connectivity index (χ1) is 10.1. The Morgan fingerprint density at radius 3 is 2.81 bits per heavy atom. The van der Waals surface area contributed by atoms with Gasteiger partial charge in [-0.1, -0.05) is 23.7 Å². The second-order valence-electron chi connectivity index (χ2n) is 4.56. The second-order valence-corrected chi connectivity index (χ2v) is 4.96. The van der Waals surface area contributed by atoms with Gasteiger partial charge in [-0.3, -0.25) is 9.20 Å². The van der Waals surface area contributed by atoms with E-state index in [9.17, 15) is 9.18 Å². The molecule has 0 saturated carbocycles. The number of hydrogen-bond donors (Lipinski definition) is 1. The van der Waals surface area contributed by atoms with Gasteiger partial charge in [-0.25, -0.2) is 9.37 Å². The zero-order valence-corrected chi connectivity index (χ0v) is 11.9. The molecule has 106 valence electrons. The van der Waals surface area contributed by atoms with Gasteiger partial charge in [-0.05, 0) is 31.2 Å². The van der Waals surface area contributed by atoms with Crippen LogP contribution in [0.1, 0.15) is 16.2 Å². The van der Waals surface area contributed by atoms with E-state index in [2.05, 4.69) is 10.3 Å². The van der Waals surface area contributed by atoms with E-state index in [1.165, 1.54) is 22.7 Å². The summed E-state index contributed by atoms with van der Waals surface area (Å²) >= 11 is 6.02. The summed E-state index contributed by atoms with van der Waals surface area (Å²) in [7, 11) is 0. The van der Waals surface area contributed by atoms with Crippen molar-refractivity contribution in [2.24, 2.45) is 0 Å². The predicted octanol–water partition coefficient (Wildman–Crippen LogP) is 3.69. The van der Waals surface area contributed by atoms with E-state index < -0.39 is 11.7 Å². The van der Waals surface area contributed by atoms with Crippen LogP contribution in [0.25, 0.3) is 5.65 Å². The molecule has 2 aromatic heterocycles. The molecule has 21 heavy (non-hydrogen) atoms. The molecule has 1 amide bonds. The first-order valence-electron chi connectivity index (χ1n) is 6.26. The molecule has 1 aromatic carbocycles. The van der Waals surface area contributed by atoms with Crippen molar-refractivity contribution in [2.75, 3.05) is 5.32 Å². The highest BCUT2D eigenvalue weighted by Gasteiger charge is 2.17. The zero-order chi connectivity index (χ0) is 15.0. The molecule has 6 heteroatoms. The summed E-state index contributed by atoms with van der Waals surface area (Å²) in [5, 5.41) is 3.14. The Labute approximate surface area is 125 Å². The number of halogens is 2. The molecule has 0 saturated heterocycles. The maximum absolute atomic E-state index is 13.4. The van der Waals surface area contributed by atoms with E-state index in [4.69, 9.17) is 11.6 Å². The van der Waals surface area contributed by atoms with Gasteiger partial charge in [0.25, 0.3) is 5.91 Å². The van der Waals surface area contributed by atoms with Gasteiger partial charge in [0, 0.05) is 6.20 Å². The van der Waals surface area contributed by atoms with Crippen molar-refractivity contribution in [3.05, 3.63) is 64.8 Å². The van der Waals surface area contributed by atoms with E-state index in [1.54, 1.807) is 31.2 Å². The molecule has 0 aliphatic carbocycles. The summed E-state index contributed by atoms with van der Waals surface area (Å²) in [6.45, 7) is 1.70. The van der Waals surface area contributed by atoms with Crippen molar-refractivity contribution < 1.29 is 9.18 Å². The number of hydrogen-bond acceptors (Lipinski definition) is 2. The lowest BCUT2D eigenvalue weighted by Gasteiger charge is -2.07. The zero-order valence-electron chi connectivity index (χ0n) is 11.1. The molecule has 3 rings (SSSR count). The molecule has 0 spiro atoms. The van der Waals surface area contributed by atoms with Crippen LogP contribution in [-0.4, -0.2) is 15.3 Å². The highest BCUT2D eigenvalue weighted by Crippen LogP contribution is 2.22. The Hall–Kier alpha value is -2.40. The van der Waals surface area contributed by atoms with Gasteiger partial charge in [-0.15, -0.1) is 0 Å². The standard InChI is InChI=1S/C15H11ClFN3O/c1-9-14(20-8-10(17)6-7-13(20)18-9)15(21)19-12-5-3-2-4-11(12)16/h2-8H,1H3,(H,19,21). The molecule has 0 atom stereocenters. The molecular weight excluding hydrogens is 293 g/mol. The lowest BCUT2D eigenvalue weighted by molar-refractivity contribution is 0.102. The predicted molar refractivity (Wildman–Crippen MR) is 79.3 cm³/mol. The average molecular weight is 304 g/mol. The number of carbonyl (C=O) groups is 1. The van der Waals surface area contributed by atoms with Gasteiger partial charge in [-0.2, -0.15) is 0 Å². The SMILES string of the molecule is Cc1nc2ccc(F)cn2c1C(=O)Nc1ccccc1Cl. The Morgan fingerprint density at radius 1 is 1.29 bits per heavy atom. The van der Waals surface area contributed by atoms with Gasteiger partial charge >= 0.3 is 0 Å². The number of nitrogens with zero attached hydrogens (tertiary/aromatic N) is 2. The second kappa shape index (κ2) is 5.18. The largest absolute Gasteiger partial charge is 0.319 e. The number of nitrogens with one attached hydrogen (secondary N) is 1. The van der Waals surface area contributed by atoms with Crippen LogP contribution in [0.4, 0.5) is 10.1 Å². The lowest BCUT2D eigenvalue weighted by Crippen LogP contribution is -2.16. The van der Waals surface area contributed by atoms with Crippen molar-refractivity contribution in [3.8, 4) is 0 Å². The highest BCUT2D eigenvalue weighted by atomic mass is 35.5. The molecule has 4 nitrogen and oxygen atoms in total. The molecule has 2 heterocycles. The van der Waals surface area contributed by atoms with Crippen LogP contribution in [0.5, 0.6) is 0 Å². The normalized spacial score (nSPS) is 10.8. The number of aryl methyl sites for hydroxylation is 1. The van der Waals surface area contributed by atoms with Crippen molar-refractivity contribution in [2.45, 2.75) is 6.92 Å². The smallest absolute Gasteiger partial charge is 0.274 e. The monoisotopic (exact) mass is 303 g/mol. The number of anilines is 1. The van der Waals surface area contributed by atoms with Crippen molar-refractivity contribution in [1.29, 1.82) is 0 Å². The third-order valence-electron chi connectivity index (χ3n) is 3.09. The number of imidazole rings is 1. The number of fused-ring (bicyclic) bond motifs is 1. The molecule has 3 aromatic rings. The van der Waals surface area contributed by atoms with Crippen molar-refractivity contribution in [1.82, 2.24) is 9.38 Å². The molecular formula is C15H11ClFN3O. The summed E-state index contributed by atoms with van der Waals surface area (Å²) in [4.78, 5) is 16.7. The van der Waals surface area contributed by atoms with Gasteiger partial charge in [0.05, 0.1) is 16.4 Å². The van der Waals surface area contributed by atoms with E-state index >= 15 is 0 Å². The maximum atomic E-state index is 13.4. The average Bonchev–Trinajstić information content (AvgIpc) is 2.76. The fraction of sp³-hybridized carbons (Fsp3) is 0.0667. The van der Waals surface area contributed by atoms with Gasteiger partial charge in [0.2, 0.25) is 0 Å². The number of benzene rings is 1. The third kappa shape index (κ3) is 2.48. The molecule has 0 bridgehead atoms. The lowest BCUT2D eigenvalue weighted by atomic mass is 10.3.